The van der Waals surface area contributed by atoms with Gasteiger partial charge in [0.15, 0.2) is 0 Å². The Hall–Kier alpha value is -3.39. The maximum atomic E-state index is 14.6. The third-order valence-electron chi connectivity index (χ3n) is 5.01. The second-order valence-electron chi connectivity index (χ2n) is 7.34. The molecule has 1 amide bonds. The van der Waals surface area contributed by atoms with Gasteiger partial charge in [0.2, 0.25) is 5.91 Å². The molecular formula is C24H25FN2O4S. The van der Waals surface area contributed by atoms with Crippen molar-refractivity contribution in [2.75, 3.05) is 18.0 Å². The summed E-state index contributed by atoms with van der Waals surface area (Å²) < 4.78 is 47.1. The van der Waals surface area contributed by atoms with Crippen LogP contribution in [0.4, 0.5) is 10.1 Å². The molecule has 0 aromatic heterocycles. The third kappa shape index (κ3) is 5.26. The standard InChI is InChI=1S/C24H25FN2O4S/c1-17-8-10-19(11-9-17)18(2)26-24(28)16-27(23-7-5-4-6-22(23)25)32(29,30)21-14-12-20(31-3)13-15-21/h4-15,18H,16H2,1-3H3,(H,26,28). The number of anilines is 1. The van der Waals surface area contributed by atoms with Crippen LogP contribution < -0.4 is 14.4 Å². The summed E-state index contributed by atoms with van der Waals surface area (Å²) in [5, 5.41) is 2.79. The van der Waals surface area contributed by atoms with E-state index in [1.165, 1.54) is 49.6 Å². The first kappa shape index (κ1) is 23.3. The molecule has 0 aliphatic carbocycles. The van der Waals surface area contributed by atoms with Crippen LogP contribution in [0.3, 0.4) is 0 Å². The molecule has 3 aromatic carbocycles. The number of ether oxygens (including phenoxy) is 1. The minimum Gasteiger partial charge on any atom is -0.497 e. The molecule has 0 aliphatic heterocycles. The monoisotopic (exact) mass is 456 g/mol. The fourth-order valence-electron chi connectivity index (χ4n) is 3.18. The molecule has 6 nitrogen and oxygen atoms in total. The maximum Gasteiger partial charge on any atom is 0.264 e. The van der Waals surface area contributed by atoms with Crippen molar-refractivity contribution in [3.63, 3.8) is 0 Å². The molecule has 0 aliphatic rings. The van der Waals surface area contributed by atoms with Gasteiger partial charge in [0.05, 0.1) is 23.7 Å². The first-order chi connectivity index (χ1) is 15.2. The summed E-state index contributed by atoms with van der Waals surface area (Å²) in [6.45, 7) is 3.18. The van der Waals surface area contributed by atoms with E-state index < -0.39 is 28.3 Å². The van der Waals surface area contributed by atoms with Crippen LogP contribution in [-0.2, 0) is 14.8 Å². The summed E-state index contributed by atoms with van der Waals surface area (Å²) in [5.41, 5.74) is 1.75. The number of carbonyl (C=O) groups excluding carboxylic acids is 1. The zero-order valence-corrected chi connectivity index (χ0v) is 18.9. The normalized spacial score (nSPS) is 12.1. The van der Waals surface area contributed by atoms with Crippen molar-refractivity contribution in [2.45, 2.75) is 24.8 Å². The Morgan fingerprint density at radius 3 is 2.25 bits per heavy atom. The Balaban J connectivity index is 1.90. The zero-order valence-electron chi connectivity index (χ0n) is 18.1. The number of nitrogens with zero attached hydrogens (tertiary/aromatic N) is 1. The van der Waals surface area contributed by atoms with Gasteiger partial charge in [-0.2, -0.15) is 0 Å². The minimum atomic E-state index is -4.23. The van der Waals surface area contributed by atoms with Gasteiger partial charge < -0.3 is 10.1 Å². The number of hydrogen-bond acceptors (Lipinski definition) is 4. The lowest BCUT2D eigenvalue weighted by Gasteiger charge is -2.25. The maximum absolute atomic E-state index is 14.6. The molecule has 168 valence electrons. The summed E-state index contributed by atoms with van der Waals surface area (Å²) in [6, 6.07) is 18.4. The number of carbonyl (C=O) groups is 1. The smallest absolute Gasteiger partial charge is 0.264 e. The first-order valence-corrected chi connectivity index (χ1v) is 11.4. The van der Waals surface area contributed by atoms with Gasteiger partial charge in [0, 0.05) is 0 Å². The molecule has 0 heterocycles. The molecule has 1 unspecified atom stereocenters. The molecule has 3 aromatic rings. The van der Waals surface area contributed by atoms with Gasteiger partial charge in [0.25, 0.3) is 10.0 Å². The molecule has 8 heteroatoms. The van der Waals surface area contributed by atoms with Crippen molar-refractivity contribution in [1.29, 1.82) is 0 Å². The van der Waals surface area contributed by atoms with Crippen molar-refractivity contribution in [1.82, 2.24) is 5.32 Å². The molecule has 1 atom stereocenters. The Bertz CT molecular complexity index is 1180. The van der Waals surface area contributed by atoms with Crippen molar-refractivity contribution in [3.8, 4) is 5.75 Å². The molecule has 1 N–H and O–H groups in total. The van der Waals surface area contributed by atoms with Gasteiger partial charge in [-0.25, -0.2) is 12.8 Å². The fourth-order valence-corrected chi connectivity index (χ4v) is 4.61. The van der Waals surface area contributed by atoms with E-state index in [1.54, 1.807) is 6.92 Å². The molecule has 0 fully saturated rings. The van der Waals surface area contributed by atoms with Crippen molar-refractivity contribution >= 4 is 21.6 Å². The van der Waals surface area contributed by atoms with Crippen LogP contribution >= 0.6 is 0 Å². The second kappa shape index (κ2) is 9.82. The minimum absolute atomic E-state index is 0.0825. The summed E-state index contributed by atoms with van der Waals surface area (Å²) in [4.78, 5) is 12.7. The van der Waals surface area contributed by atoms with Crippen molar-refractivity contribution in [3.05, 3.63) is 89.7 Å². The van der Waals surface area contributed by atoms with Gasteiger partial charge in [-0.3, -0.25) is 9.10 Å². The summed E-state index contributed by atoms with van der Waals surface area (Å²) in [7, 11) is -2.76. The quantitative estimate of drug-likeness (QED) is 0.551. The lowest BCUT2D eigenvalue weighted by Crippen LogP contribution is -2.42. The zero-order chi connectivity index (χ0) is 23.3. The molecule has 32 heavy (non-hydrogen) atoms. The van der Waals surface area contributed by atoms with E-state index in [0.29, 0.717) is 5.75 Å². The predicted molar refractivity (Wildman–Crippen MR) is 122 cm³/mol. The van der Waals surface area contributed by atoms with Crippen LogP contribution in [-0.4, -0.2) is 28.0 Å². The van der Waals surface area contributed by atoms with Crippen LogP contribution in [0, 0.1) is 12.7 Å². The van der Waals surface area contributed by atoms with Gasteiger partial charge in [-0.1, -0.05) is 42.0 Å². The molecule has 0 bridgehead atoms. The second-order valence-corrected chi connectivity index (χ2v) is 9.20. The number of nitrogens with one attached hydrogen (secondary N) is 1. The number of sulfonamides is 1. The Morgan fingerprint density at radius 1 is 1.03 bits per heavy atom. The van der Waals surface area contributed by atoms with Crippen molar-refractivity contribution < 1.29 is 22.3 Å². The average molecular weight is 457 g/mol. The number of benzene rings is 3. The largest absolute Gasteiger partial charge is 0.497 e. The van der Waals surface area contributed by atoms with E-state index in [1.807, 2.05) is 31.2 Å². The number of amides is 1. The highest BCUT2D eigenvalue weighted by Crippen LogP contribution is 2.27. The van der Waals surface area contributed by atoms with Crippen LogP contribution in [0.2, 0.25) is 0 Å². The molecular weight excluding hydrogens is 431 g/mol. The van der Waals surface area contributed by atoms with E-state index in [0.717, 1.165) is 21.5 Å². The van der Waals surface area contributed by atoms with E-state index in [4.69, 9.17) is 4.74 Å². The number of rotatable bonds is 8. The molecule has 0 saturated carbocycles. The van der Waals surface area contributed by atoms with Crippen LogP contribution in [0.15, 0.2) is 77.7 Å². The lowest BCUT2D eigenvalue weighted by atomic mass is 10.1. The van der Waals surface area contributed by atoms with Gasteiger partial charge >= 0.3 is 0 Å². The third-order valence-corrected chi connectivity index (χ3v) is 6.78. The topological polar surface area (TPSA) is 75.7 Å². The number of para-hydroxylation sites is 1. The number of hydrogen-bond donors (Lipinski definition) is 1. The Kier molecular flexibility index (Phi) is 7.15. The summed E-state index contributed by atoms with van der Waals surface area (Å²) in [5.74, 6) is -0.826. The molecule has 0 saturated heterocycles. The highest BCUT2D eigenvalue weighted by molar-refractivity contribution is 7.92. The van der Waals surface area contributed by atoms with Crippen molar-refractivity contribution in [2.24, 2.45) is 0 Å². The van der Waals surface area contributed by atoms with E-state index in [2.05, 4.69) is 5.32 Å². The Labute approximate surface area is 187 Å². The Morgan fingerprint density at radius 2 is 1.66 bits per heavy atom. The van der Waals surface area contributed by atoms with Gasteiger partial charge in [-0.05, 0) is 55.8 Å². The molecule has 0 spiro atoms. The van der Waals surface area contributed by atoms with Gasteiger partial charge in [0.1, 0.15) is 18.1 Å². The van der Waals surface area contributed by atoms with E-state index in [-0.39, 0.29) is 16.6 Å². The fraction of sp³-hybridized carbons (Fsp3) is 0.208. The highest BCUT2D eigenvalue weighted by atomic mass is 32.2. The van der Waals surface area contributed by atoms with Gasteiger partial charge in [-0.15, -0.1) is 0 Å². The average Bonchev–Trinajstić information content (AvgIpc) is 2.78. The van der Waals surface area contributed by atoms with E-state index >= 15 is 0 Å². The predicted octanol–water partition coefficient (Wildman–Crippen LogP) is 4.22. The number of aryl methyl sites for hydroxylation is 1. The van der Waals surface area contributed by atoms with Crippen LogP contribution in [0.25, 0.3) is 0 Å². The summed E-state index contributed by atoms with van der Waals surface area (Å²) >= 11 is 0. The number of halogens is 1. The highest BCUT2D eigenvalue weighted by Gasteiger charge is 2.29. The first-order valence-electron chi connectivity index (χ1n) is 9.99. The number of methoxy groups -OCH3 is 1. The van der Waals surface area contributed by atoms with Crippen LogP contribution in [0.1, 0.15) is 24.1 Å². The lowest BCUT2D eigenvalue weighted by molar-refractivity contribution is -0.120. The summed E-state index contributed by atoms with van der Waals surface area (Å²) in [6.07, 6.45) is 0. The van der Waals surface area contributed by atoms with E-state index in [9.17, 15) is 17.6 Å². The SMILES string of the molecule is COc1ccc(S(=O)(=O)N(CC(=O)NC(C)c2ccc(C)cc2)c2ccccc2F)cc1. The molecule has 3 rings (SSSR count). The molecule has 0 radical (unpaired) electrons. The van der Waals surface area contributed by atoms with Crippen LogP contribution in [0.5, 0.6) is 5.75 Å².